The molecule has 27 heavy (non-hydrogen) atoms. The summed E-state index contributed by atoms with van der Waals surface area (Å²) in [6.07, 6.45) is 4.87. The Balaban J connectivity index is 1.64. The van der Waals surface area contributed by atoms with Crippen LogP contribution in [-0.4, -0.2) is 40.6 Å². The highest BCUT2D eigenvalue weighted by Gasteiger charge is 2.50. The van der Waals surface area contributed by atoms with Crippen molar-refractivity contribution in [3.63, 3.8) is 0 Å². The molecule has 0 radical (unpaired) electrons. The molecule has 0 saturated carbocycles. The highest BCUT2D eigenvalue weighted by molar-refractivity contribution is 6.16. The number of carbonyl (C=O) groups is 4. The number of hydrogen-bond donors (Lipinski definition) is 1. The number of para-hydroxylation sites is 2. The lowest BCUT2D eigenvalue weighted by atomic mass is 9.85. The van der Waals surface area contributed by atoms with E-state index in [1.165, 1.54) is 4.90 Å². The van der Waals surface area contributed by atoms with E-state index in [0.717, 1.165) is 4.90 Å². The molecule has 1 aromatic carbocycles. The Kier molecular flexibility index (Phi) is 3.91. The second-order valence-electron chi connectivity index (χ2n) is 7.68. The van der Waals surface area contributed by atoms with Gasteiger partial charge in [0.25, 0.3) is 0 Å². The molecule has 1 fully saturated rings. The topological polar surface area (TPSA) is 86.8 Å². The predicted molar refractivity (Wildman–Crippen MR) is 98.7 cm³/mol. The number of nitrogens with zero attached hydrogens (tertiary/aromatic N) is 2. The standard InChI is InChI=1S/C20H21N3O4/c1-20(2)19(27)21-14-9-5-6-10-15(14)23(20)16(24)11-22-17(25)12-7-3-4-8-13(12)18(22)26/h3-6,9-10,12-13H,7-8,11H2,1-2H3,(H,21,27)/t12-,13-/m1/s1. The predicted octanol–water partition coefficient (Wildman–Crippen LogP) is 1.70. The van der Waals surface area contributed by atoms with Crippen molar-refractivity contribution in [3.05, 3.63) is 36.4 Å². The molecular weight excluding hydrogens is 346 g/mol. The molecule has 1 N–H and O–H groups in total. The van der Waals surface area contributed by atoms with E-state index in [4.69, 9.17) is 0 Å². The number of anilines is 2. The van der Waals surface area contributed by atoms with E-state index in [2.05, 4.69) is 5.32 Å². The quantitative estimate of drug-likeness (QED) is 0.637. The zero-order valence-electron chi connectivity index (χ0n) is 15.3. The first-order chi connectivity index (χ1) is 12.8. The fourth-order valence-corrected chi connectivity index (χ4v) is 4.13. The Labute approximate surface area is 157 Å². The lowest BCUT2D eigenvalue weighted by Crippen LogP contribution is -2.60. The largest absolute Gasteiger partial charge is 0.322 e. The SMILES string of the molecule is CC1(C)C(=O)Nc2ccccc2N1C(=O)CN1C(=O)[C@@H]2CC=CC[C@H]2C1=O. The van der Waals surface area contributed by atoms with E-state index >= 15 is 0 Å². The van der Waals surface area contributed by atoms with Crippen LogP contribution in [0.5, 0.6) is 0 Å². The van der Waals surface area contributed by atoms with Crippen LogP contribution >= 0.6 is 0 Å². The van der Waals surface area contributed by atoms with Crippen LogP contribution in [0.1, 0.15) is 26.7 Å². The second-order valence-corrected chi connectivity index (χ2v) is 7.68. The van der Waals surface area contributed by atoms with E-state index in [1.54, 1.807) is 38.1 Å². The van der Waals surface area contributed by atoms with Crippen molar-refractivity contribution in [1.29, 1.82) is 0 Å². The molecule has 1 aromatic rings. The summed E-state index contributed by atoms with van der Waals surface area (Å²) in [7, 11) is 0. The molecule has 140 valence electrons. The average Bonchev–Trinajstić information content (AvgIpc) is 2.88. The summed E-state index contributed by atoms with van der Waals surface area (Å²) >= 11 is 0. The molecule has 0 unspecified atom stereocenters. The number of nitrogens with one attached hydrogen (secondary N) is 1. The van der Waals surface area contributed by atoms with Crippen molar-refractivity contribution in [3.8, 4) is 0 Å². The second kappa shape index (κ2) is 6.04. The number of rotatable bonds is 2. The maximum absolute atomic E-state index is 13.2. The fraction of sp³-hybridized carbons (Fsp3) is 0.400. The Bertz CT molecular complexity index is 863. The number of carbonyl (C=O) groups excluding carboxylic acids is 4. The molecule has 2 aliphatic heterocycles. The van der Waals surface area contributed by atoms with Crippen molar-refractivity contribution in [2.75, 3.05) is 16.8 Å². The maximum Gasteiger partial charge on any atom is 0.250 e. The van der Waals surface area contributed by atoms with E-state index in [9.17, 15) is 19.2 Å². The normalized spacial score (nSPS) is 25.9. The molecule has 2 atom stereocenters. The summed E-state index contributed by atoms with van der Waals surface area (Å²) in [5.41, 5.74) is -0.0385. The van der Waals surface area contributed by atoms with Gasteiger partial charge in [0.2, 0.25) is 23.6 Å². The summed E-state index contributed by atoms with van der Waals surface area (Å²) in [6.45, 7) is 2.94. The van der Waals surface area contributed by atoms with Gasteiger partial charge in [0.1, 0.15) is 12.1 Å². The Morgan fingerprint density at radius 3 is 2.30 bits per heavy atom. The molecule has 7 nitrogen and oxygen atoms in total. The molecule has 4 rings (SSSR count). The van der Waals surface area contributed by atoms with E-state index in [1.807, 2.05) is 12.2 Å². The van der Waals surface area contributed by atoms with Gasteiger partial charge in [-0.15, -0.1) is 0 Å². The number of allylic oxidation sites excluding steroid dienone is 2. The summed E-state index contributed by atoms with van der Waals surface area (Å²) < 4.78 is 0. The van der Waals surface area contributed by atoms with Crippen molar-refractivity contribution in [2.45, 2.75) is 32.2 Å². The molecule has 3 aliphatic rings. The number of benzene rings is 1. The zero-order valence-corrected chi connectivity index (χ0v) is 15.3. The summed E-state index contributed by atoms with van der Waals surface area (Å²) in [6, 6.07) is 7.01. The smallest absolute Gasteiger partial charge is 0.250 e. The van der Waals surface area contributed by atoms with Crippen molar-refractivity contribution >= 4 is 35.0 Å². The number of imide groups is 1. The molecule has 0 aromatic heterocycles. The third-order valence-corrected chi connectivity index (χ3v) is 5.65. The molecule has 0 spiro atoms. The molecular formula is C20H21N3O4. The molecule has 4 amide bonds. The molecule has 1 aliphatic carbocycles. The van der Waals surface area contributed by atoms with E-state index in [-0.39, 0.29) is 36.1 Å². The third kappa shape index (κ3) is 2.57. The van der Waals surface area contributed by atoms with Crippen LogP contribution in [0.15, 0.2) is 36.4 Å². The van der Waals surface area contributed by atoms with Gasteiger partial charge in [0.05, 0.1) is 23.2 Å². The monoisotopic (exact) mass is 367 g/mol. The number of fused-ring (bicyclic) bond motifs is 2. The van der Waals surface area contributed by atoms with Crippen LogP contribution in [0.4, 0.5) is 11.4 Å². The van der Waals surface area contributed by atoms with Gasteiger partial charge in [0, 0.05) is 0 Å². The van der Waals surface area contributed by atoms with Gasteiger partial charge < -0.3 is 5.32 Å². The minimum atomic E-state index is -1.13. The van der Waals surface area contributed by atoms with Gasteiger partial charge in [-0.25, -0.2) is 0 Å². The van der Waals surface area contributed by atoms with Gasteiger partial charge >= 0.3 is 0 Å². The van der Waals surface area contributed by atoms with Gasteiger partial charge in [0.15, 0.2) is 0 Å². The third-order valence-electron chi connectivity index (χ3n) is 5.65. The molecule has 7 heteroatoms. The summed E-state index contributed by atoms with van der Waals surface area (Å²) in [5.74, 6) is -2.10. The van der Waals surface area contributed by atoms with Gasteiger partial charge in [-0.1, -0.05) is 24.3 Å². The fourth-order valence-electron chi connectivity index (χ4n) is 4.13. The molecule has 0 bridgehead atoms. The zero-order chi connectivity index (χ0) is 19.3. The molecule has 1 saturated heterocycles. The average molecular weight is 367 g/mol. The number of amides is 4. The minimum absolute atomic E-state index is 0.296. The maximum atomic E-state index is 13.2. The summed E-state index contributed by atoms with van der Waals surface area (Å²) in [4.78, 5) is 53.4. The van der Waals surface area contributed by atoms with Crippen LogP contribution in [0.25, 0.3) is 0 Å². The van der Waals surface area contributed by atoms with Crippen LogP contribution in [0.3, 0.4) is 0 Å². The Morgan fingerprint density at radius 2 is 1.67 bits per heavy atom. The first-order valence-electron chi connectivity index (χ1n) is 9.06. The Hall–Kier alpha value is -2.96. The lowest BCUT2D eigenvalue weighted by molar-refractivity contribution is -0.143. The van der Waals surface area contributed by atoms with Crippen LogP contribution in [0, 0.1) is 11.8 Å². The van der Waals surface area contributed by atoms with Crippen molar-refractivity contribution < 1.29 is 19.2 Å². The highest BCUT2D eigenvalue weighted by Crippen LogP contribution is 2.38. The van der Waals surface area contributed by atoms with Crippen molar-refractivity contribution in [1.82, 2.24) is 4.90 Å². The van der Waals surface area contributed by atoms with Crippen molar-refractivity contribution in [2.24, 2.45) is 11.8 Å². The van der Waals surface area contributed by atoms with Crippen LogP contribution < -0.4 is 10.2 Å². The van der Waals surface area contributed by atoms with Gasteiger partial charge in [-0.2, -0.15) is 0 Å². The highest BCUT2D eigenvalue weighted by atomic mass is 16.2. The Morgan fingerprint density at radius 1 is 1.07 bits per heavy atom. The molecule has 2 heterocycles. The first kappa shape index (κ1) is 17.5. The van der Waals surface area contributed by atoms with Gasteiger partial charge in [-0.05, 0) is 38.8 Å². The summed E-state index contributed by atoms with van der Waals surface area (Å²) in [5, 5.41) is 2.80. The number of likely N-dealkylation sites (tertiary alicyclic amines) is 1. The van der Waals surface area contributed by atoms with E-state index in [0.29, 0.717) is 24.2 Å². The minimum Gasteiger partial charge on any atom is -0.322 e. The first-order valence-corrected chi connectivity index (χ1v) is 9.06. The van der Waals surface area contributed by atoms with Crippen LogP contribution in [0.2, 0.25) is 0 Å². The lowest BCUT2D eigenvalue weighted by Gasteiger charge is -2.42. The number of hydrogen-bond acceptors (Lipinski definition) is 4. The van der Waals surface area contributed by atoms with Crippen LogP contribution in [-0.2, 0) is 19.2 Å². The van der Waals surface area contributed by atoms with E-state index < -0.39 is 11.4 Å². The van der Waals surface area contributed by atoms with Gasteiger partial charge in [-0.3, -0.25) is 29.0 Å².